The zero-order valence-electron chi connectivity index (χ0n) is 9.17. The molecule has 14 heavy (non-hydrogen) atoms. The maximum absolute atomic E-state index is 4.58. The standard InChI is InChI=1S/C12H17N2/c1-8-9(2)14-12(10(3)13-8)7-6-11-4-5-11/h6,11H,4-5,7H2,1-3H3. The van der Waals surface area contributed by atoms with E-state index >= 15 is 0 Å². The van der Waals surface area contributed by atoms with Crippen molar-refractivity contribution in [3.05, 3.63) is 29.2 Å². The average molecular weight is 189 g/mol. The molecule has 1 aliphatic carbocycles. The van der Waals surface area contributed by atoms with Crippen LogP contribution in [0.25, 0.3) is 0 Å². The first-order chi connectivity index (χ1) is 6.66. The quantitative estimate of drug-likeness (QED) is 0.730. The Bertz CT molecular complexity index is 340. The molecule has 0 aromatic carbocycles. The zero-order valence-corrected chi connectivity index (χ0v) is 9.17. The lowest BCUT2D eigenvalue weighted by Crippen LogP contribution is -2.03. The van der Waals surface area contributed by atoms with Gasteiger partial charge in [-0.25, -0.2) is 0 Å². The summed E-state index contributed by atoms with van der Waals surface area (Å²) >= 11 is 0. The molecule has 1 aliphatic rings. The number of hydrogen-bond acceptors (Lipinski definition) is 2. The highest BCUT2D eigenvalue weighted by Gasteiger charge is 2.21. The molecule has 0 aliphatic heterocycles. The average Bonchev–Trinajstić information content (AvgIpc) is 2.92. The molecular weight excluding hydrogens is 172 g/mol. The van der Waals surface area contributed by atoms with Gasteiger partial charge in [0.2, 0.25) is 0 Å². The van der Waals surface area contributed by atoms with Crippen LogP contribution in [0.4, 0.5) is 0 Å². The lowest BCUT2D eigenvalue weighted by atomic mass is 10.1. The van der Waals surface area contributed by atoms with Crippen molar-refractivity contribution in [3.8, 4) is 0 Å². The predicted molar refractivity (Wildman–Crippen MR) is 57.0 cm³/mol. The Kier molecular flexibility index (Phi) is 2.53. The first kappa shape index (κ1) is 9.63. The van der Waals surface area contributed by atoms with E-state index in [4.69, 9.17) is 0 Å². The summed E-state index contributed by atoms with van der Waals surface area (Å²) in [4.78, 5) is 9.07. The second-order valence-corrected chi connectivity index (χ2v) is 4.20. The Morgan fingerprint density at radius 2 is 1.71 bits per heavy atom. The van der Waals surface area contributed by atoms with Gasteiger partial charge in [-0.3, -0.25) is 9.97 Å². The van der Waals surface area contributed by atoms with Gasteiger partial charge < -0.3 is 0 Å². The van der Waals surface area contributed by atoms with Crippen molar-refractivity contribution in [1.82, 2.24) is 9.97 Å². The minimum absolute atomic E-state index is 0.859. The van der Waals surface area contributed by atoms with Crippen molar-refractivity contribution in [1.29, 1.82) is 0 Å². The third-order valence-electron chi connectivity index (χ3n) is 2.85. The van der Waals surface area contributed by atoms with Crippen LogP contribution in [0.1, 0.15) is 35.6 Å². The molecule has 2 nitrogen and oxygen atoms in total. The molecule has 0 amide bonds. The molecule has 0 unspecified atom stereocenters. The Labute approximate surface area is 85.8 Å². The molecule has 0 N–H and O–H groups in total. The maximum Gasteiger partial charge on any atom is 0.0622 e. The third kappa shape index (κ3) is 2.11. The third-order valence-corrected chi connectivity index (χ3v) is 2.85. The topological polar surface area (TPSA) is 25.8 Å². The van der Waals surface area contributed by atoms with Crippen LogP contribution in [0, 0.1) is 33.1 Å². The van der Waals surface area contributed by atoms with E-state index in [9.17, 15) is 0 Å². The Morgan fingerprint density at radius 3 is 2.36 bits per heavy atom. The summed E-state index contributed by atoms with van der Waals surface area (Å²) in [6.45, 7) is 6.10. The molecule has 0 bridgehead atoms. The number of hydrogen-bond donors (Lipinski definition) is 0. The molecule has 2 rings (SSSR count). The summed E-state index contributed by atoms with van der Waals surface area (Å²) in [7, 11) is 0. The molecule has 2 heteroatoms. The molecule has 1 aromatic rings. The molecule has 75 valence electrons. The summed E-state index contributed by atoms with van der Waals surface area (Å²) in [6, 6.07) is 0. The van der Waals surface area contributed by atoms with Crippen LogP contribution in [0.5, 0.6) is 0 Å². The molecule has 1 fully saturated rings. The summed E-state index contributed by atoms with van der Waals surface area (Å²) in [5.74, 6) is 0.859. The summed E-state index contributed by atoms with van der Waals surface area (Å²) in [6.07, 6.45) is 6.12. The fraction of sp³-hybridized carbons (Fsp3) is 0.583. The van der Waals surface area contributed by atoms with E-state index in [-0.39, 0.29) is 0 Å². The van der Waals surface area contributed by atoms with Crippen LogP contribution in [0.2, 0.25) is 0 Å². The number of aryl methyl sites for hydroxylation is 3. The minimum atomic E-state index is 0.859. The molecular formula is C12H17N2. The number of rotatable bonds is 3. The Hall–Kier alpha value is -0.920. The van der Waals surface area contributed by atoms with Gasteiger partial charge in [0.15, 0.2) is 0 Å². The van der Waals surface area contributed by atoms with Gasteiger partial charge in [-0.2, -0.15) is 0 Å². The minimum Gasteiger partial charge on any atom is -0.255 e. The molecule has 1 aromatic heterocycles. The van der Waals surface area contributed by atoms with Crippen LogP contribution >= 0.6 is 0 Å². The van der Waals surface area contributed by atoms with Crippen molar-refractivity contribution in [2.45, 2.75) is 40.0 Å². The van der Waals surface area contributed by atoms with Crippen molar-refractivity contribution in [2.24, 2.45) is 5.92 Å². The van der Waals surface area contributed by atoms with Crippen LogP contribution in [0.3, 0.4) is 0 Å². The van der Waals surface area contributed by atoms with Gasteiger partial charge in [-0.1, -0.05) is 0 Å². The molecule has 1 heterocycles. The predicted octanol–water partition coefficient (Wildman–Crippen LogP) is 2.56. The van der Waals surface area contributed by atoms with Crippen molar-refractivity contribution in [2.75, 3.05) is 0 Å². The fourth-order valence-electron chi connectivity index (χ4n) is 1.56. The number of aromatic nitrogens is 2. The van der Waals surface area contributed by atoms with Gasteiger partial charge in [0.25, 0.3) is 0 Å². The van der Waals surface area contributed by atoms with Crippen LogP contribution in [-0.4, -0.2) is 9.97 Å². The highest BCUT2D eigenvalue weighted by molar-refractivity contribution is 5.19. The van der Waals surface area contributed by atoms with E-state index in [0.717, 1.165) is 35.1 Å². The van der Waals surface area contributed by atoms with Crippen molar-refractivity contribution < 1.29 is 0 Å². The summed E-state index contributed by atoms with van der Waals surface area (Å²) in [5.41, 5.74) is 4.36. The maximum atomic E-state index is 4.58. The molecule has 0 atom stereocenters. The normalized spacial score (nSPS) is 15.9. The van der Waals surface area contributed by atoms with E-state index in [0.29, 0.717) is 0 Å². The Morgan fingerprint density at radius 1 is 1.07 bits per heavy atom. The van der Waals surface area contributed by atoms with Crippen molar-refractivity contribution >= 4 is 0 Å². The summed E-state index contributed by atoms with van der Waals surface area (Å²) in [5, 5.41) is 0. The first-order valence-corrected chi connectivity index (χ1v) is 5.31. The monoisotopic (exact) mass is 189 g/mol. The second kappa shape index (κ2) is 3.68. The van der Waals surface area contributed by atoms with Gasteiger partial charge in [0.05, 0.1) is 22.8 Å². The van der Waals surface area contributed by atoms with E-state index in [1.807, 2.05) is 13.8 Å². The number of nitrogens with zero attached hydrogens (tertiary/aromatic N) is 2. The smallest absolute Gasteiger partial charge is 0.0622 e. The molecule has 0 saturated heterocycles. The summed E-state index contributed by atoms with van der Waals surface area (Å²) < 4.78 is 0. The van der Waals surface area contributed by atoms with Crippen LogP contribution < -0.4 is 0 Å². The SMILES string of the molecule is Cc1nc(C)c(C[CH]C2CC2)nc1C. The largest absolute Gasteiger partial charge is 0.255 e. The zero-order chi connectivity index (χ0) is 10.1. The van der Waals surface area contributed by atoms with Gasteiger partial charge in [-0.15, -0.1) is 0 Å². The van der Waals surface area contributed by atoms with Gasteiger partial charge in [0, 0.05) is 0 Å². The van der Waals surface area contributed by atoms with E-state index in [2.05, 4.69) is 23.3 Å². The van der Waals surface area contributed by atoms with Crippen LogP contribution in [0.15, 0.2) is 0 Å². The fourth-order valence-corrected chi connectivity index (χ4v) is 1.56. The van der Waals surface area contributed by atoms with E-state index < -0.39 is 0 Å². The second-order valence-electron chi connectivity index (χ2n) is 4.20. The molecule has 0 spiro atoms. The van der Waals surface area contributed by atoms with Crippen molar-refractivity contribution in [3.63, 3.8) is 0 Å². The highest BCUT2D eigenvalue weighted by atomic mass is 14.8. The molecule has 1 saturated carbocycles. The lowest BCUT2D eigenvalue weighted by molar-refractivity contribution is 0.855. The first-order valence-electron chi connectivity index (χ1n) is 5.31. The van der Waals surface area contributed by atoms with Gasteiger partial charge in [-0.05, 0) is 52.4 Å². The van der Waals surface area contributed by atoms with E-state index in [1.165, 1.54) is 12.8 Å². The van der Waals surface area contributed by atoms with E-state index in [1.54, 1.807) is 0 Å². The Balaban J connectivity index is 2.10. The molecule has 1 radical (unpaired) electrons. The van der Waals surface area contributed by atoms with Crippen LogP contribution in [-0.2, 0) is 6.42 Å². The van der Waals surface area contributed by atoms with Gasteiger partial charge >= 0.3 is 0 Å². The van der Waals surface area contributed by atoms with Gasteiger partial charge in [0.1, 0.15) is 0 Å². The lowest BCUT2D eigenvalue weighted by Gasteiger charge is -2.06. The highest BCUT2D eigenvalue weighted by Crippen LogP contribution is 2.32.